The van der Waals surface area contributed by atoms with Crippen LogP contribution in [0, 0.1) is 11.3 Å². The third kappa shape index (κ3) is 3.99. The quantitative estimate of drug-likeness (QED) is 0.678. The van der Waals surface area contributed by atoms with Crippen molar-refractivity contribution in [1.82, 2.24) is 0 Å². The summed E-state index contributed by atoms with van der Waals surface area (Å²) >= 11 is 0. The number of ether oxygens (including phenoxy) is 2. The lowest BCUT2D eigenvalue weighted by Crippen LogP contribution is -1.96. The van der Waals surface area contributed by atoms with Gasteiger partial charge in [0, 0.05) is 6.42 Å². The molecule has 17 heavy (non-hydrogen) atoms. The first-order chi connectivity index (χ1) is 8.33. The molecule has 0 heterocycles. The molecule has 0 saturated carbocycles. The monoisotopic (exact) mass is 233 g/mol. The van der Waals surface area contributed by atoms with Crippen LogP contribution < -0.4 is 9.47 Å². The second-order valence-corrected chi connectivity index (χ2v) is 3.87. The molecule has 0 amide bonds. The molecule has 3 nitrogen and oxygen atoms in total. The van der Waals surface area contributed by atoms with Gasteiger partial charge in [-0.05, 0) is 30.9 Å². The number of hydrogen-bond donors (Lipinski definition) is 0. The maximum Gasteiger partial charge on any atom is 0.163 e. The number of nitrogens with zero attached hydrogens (tertiary/aromatic N) is 1. The van der Waals surface area contributed by atoms with Crippen LogP contribution in [0.1, 0.15) is 31.2 Å². The Morgan fingerprint density at radius 3 is 2.59 bits per heavy atom. The number of methoxy groups -OCH3 is 2. The van der Waals surface area contributed by atoms with E-state index in [1.165, 1.54) is 5.56 Å². The minimum absolute atomic E-state index is 0.648. The van der Waals surface area contributed by atoms with E-state index in [4.69, 9.17) is 14.7 Å². The summed E-state index contributed by atoms with van der Waals surface area (Å²) in [5.74, 6) is 1.61. The number of para-hydroxylation sites is 1. The van der Waals surface area contributed by atoms with Gasteiger partial charge in [0.25, 0.3) is 0 Å². The highest BCUT2D eigenvalue weighted by Gasteiger charge is 2.08. The van der Waals surface area contributed by atoms with Crippen LogP contribution in [0.5, 0.6) is 11.5 Å². The van der Waals surface area contributed by atoms with Gasteiger partial charge in [-0.1, -0.05) is 18.6 Å². The van der Waals surface area contributed by atoms with Gasteiger partial charge in [0.05, 0.1) is 20.3 Å². The van der Waals surface area contributed by atoms with Crippen LogP contribution in [0.15, 0.2) is 18.2 Å². The molecule has 0 atom stereocenters. The van der Waals surface area contributed by atoms with E-state index >= 15 is 0 Å². The number of nitriles is 1. The summed E-state index contributed by atoms with van der Waals surface area (Å²) in [4.78, 5) is 0. The molecule has 0 bridgehead atoms. The second-order valence-electron chi connectivity index (χ2n) is 3.87. The molecule has 1 aromatic carbocycles. The van der Waals surface area contributed by atoms with Gasteiger partial charge in [0.2, 0.25) is 0 Å². The van der Waals surface area contributed by atoms with Gasteiger partial charge in [-0.2, -0.15) is 5.26 Å². The molecule has 0 unspecified atom stereocenters. The van der Waals surface area contributed by atoms with Crippen LogP contribution in [0.2, 0.25) is 0 Å². The molecule has 0 spiro atoms. The van der Waals surface area contributed by atoms with Crippen molar-refractivity contribution < 1.29 is 9.47 Å². The lowest BCUT2D eigenvalue weighted by atomic mass is 10.0. The Labute approximate surface area is 103 Å². The van der Waals surface area contributed by atoms with Crippen LogP contribution in [0.25, 0.3) is 0 Å². The van der Waals surface area contributed by atoms with Crippen molar-refractivity contribution in [2.24, 2.45) is 0 Å². The maximum absolute atomic E-state index is 8.45. The molecule has 1 rings (SSSR count). The molecular formula is C14H19NO2. The van der Waals surface area contributed by atoms with E-state index in [9.17, 15) is 0 Å². The van der Waals surface area contributed by atoms with Gasteiger partial charge >= 0.3 is 0 Å². The van der Waals surface area contributed by atoms with E-state index in [-0.39, 0.29) is 0 Å². The minimum atomic E-state index is 0.648. The number of hydrogen-bond acceptors (Lipinski definition) is 3. The largest absolute Gasteiger partial charge is 0.493 e. The lowest BCUT2D eigenvalue weighted by molar-refractivity contribution is 0.351. The van der Waals surface area contributed by atoms with Crippen molar-refractivity contribution in [1.29, 1.82) is 5.26 Å². The number of benzene rings is 1. The second kappa shape index (κ2) is 7.56. The maximum atomic E-state index is 8.45. The molecular weight excluding hydrogens is 214 g/mol. The van der Waals surface area contributed by atoms with Crippen LogP contribution in [-0.4, -0.2) is 14.2 Å². The summed E-state index contributed by atoms with van der Waals surface area (Å²) in [5, 5.41) is 8.45. The Morgan fingerprint density at radius 2 is 1.94 bits per heavy atom. The predicted octanol–water partition coefficient (Wildman–Crippen LogP) is 3.33. The van der Waals surface area contributed by atoms with Gasteiger partial charge in [-0.25, -0.2) is 0 Å². The first-order valence-corrected chi connectivity index (χ1v) is 5.90. The summed E-state index contributed by atoms with van der Waals surface area (Å²) in [7, 11) is 3.31. The SMILES string of the molecule is COc1cccc(CCCCCC#N)c1OC. The zero-order valence-corrected chi connectivity index (χ0v) is 10.5. The highest BCUT2D eigenvalue weighted by Crippen LogP contribution is 2.31. The Balaban J connectivity index is 2.55. The van der Waals surface area contributed by atoms with Crippen molar-refractivity contribution in [3.8, 4) is 17.6 Å². The lowest BCUT2D eigenvalue weighted by Gasteiger charge is -2.12. The summed E-state index contributed by atoms with van der Waals surface area (Å²) in [6.45, 7) is 0. The van der Waals surface area contributed by atoms with E-state index in [2.05, 4.69) is 12.1 Å². The smallest absolute Gasteiger partial charge is 0.163 e. The first kappa shape index (κ1) is 13.4. The highest BCUT2D eigenvalue weighted by molar-refractivity contribution is 5.46. The van der Waals surface area contributed by atoms with E-state index in [1.54, 1.807) is 14.2 Å². The Kier molecular flexibility index (Phi) is 5.95. The summed E-state index contributed by atoms with van der Waals surface area (Å²) < 4.78 is 10.6. The molecule has 0 aliphatic carbocycles. The Hall–Kier alpha value is -1.69. The molecule has 92 valence electrons. The zero-order chi connectivity index (χ0) is 12.5. The van der Waals surface area contributed by atoms with Crippen molar-refractivity contribution in [3.05, 3.63) is 23.8 Å². The average molecular weight is 233 g/mol. The average Bonchev–Trinajstić information content (AvgIpc) is 2.38. The van der Waals surface area contributed by atoms with Gasteiger partial charge in [0.15, 0.2) is 11.5 Å². The normalized spacial score (nSPS) is 9.71. The summed E-state index contributed by atoms with van der Waals surface area (Å²) in [5.41, 5.74) is 1.17. The van der Waals surface area contributed by atoms with Crippen LogP contribution in [0.3, 0.4) is 0 Å². The third-order valence-corrected chi connectivity index (χ3v) is 2.72. The molecule has 0 aliphatic heterocycles. The number of aryl methyl sites for hydroxylation is 1. The number of rotatable bonds is 7. The van der Waals surface area contributed by atoms with Crippen LogP contribution in [0.4, 0.5) is 0 Å². The molecule has 0 radical (unpaired) electrons. The molecule has 0 aromatic heterocycles. The third-order valence-electron chi connectivity index (χ3n) is 2.72. The number of unbranched alkanes of at least 4 members (excludes halogenated alkanes) is 3. The fourth-order valence-corrected chi connectivity index (χ4v) is 1.85. The summed E-state index contributed by atoms with van der Waals surface area (Å²) in [6.07, 6.45) is 4.74. The molecule has 0 aliphatic rings. The van der Waals surface area contributed by atoms with Gasteiger partial charge in [-0.3, -0.25) is 0 Å². The highest BCUT2D eigenvalue weighted by atomic mass is 16.5. The fraction of sp³-hybridized carbons (Fsp3) is 0.500. The van der Waals surface area contributed by atoms with Crippen molar-refractivity contribution in [2.45, 2.75) is 32.1 Å². The van der Waals surface area contributed by atoms with E-state index in [0.717, 1.165) is 37.2 Å². The topological polar surface area (TPSA) is 42.2 Å². The molecule has 1 aromatic rings. The van der Waals surface area contributed by atoms with E-state index < -0.39 is 0 Å². The van der Waals surface area contributed by atoms with Gasteiger partial charge in [-0.15, -0.1) is 0 Å². The Bertz CT molecular complexity index is 382. The van der Waals surface area contributed by atoms with Crippen LogP contribution in [-0.2, 0) is 6.42 Å². The molecule has 0 N–H and O–H groups in total. The van der Waals surface area contributed by atoms with Crippen molar-refractivity contribution >= 4 is 0 Å². The van der Waals surface area contributed by atoms with Gasteiger partial charge in [0.1, 0.15) is 0 Å². The van der Waals surface area contributed by atoms with Crippen molar-refractivity contribution in [3.63, 3.8) is 0 Å². The standard InChI is InChI=1S/C14H19NO2/c1-16-13-10-7-9-12(14(13)17-2)8-5-3-4-6-11-15/h7,9-10H,3-6,8H2,1-2H3. The van der Waals surface area contributed by atoms with Crippen LogP contribution >= 0.6 is 0 Å². The van der Waals surface area contributed by atoms with Crippen molar-refractivity contribution in [2.75, 3.05) is 14.2 Å². The van der Waals surface area contributed by atoms with Gasteiger partial charge < -0.3 is 9.47 Å². The molecule has 0 saturated heterocycles. The van der Waals surface area contributed by atoms with E-state index in [1.807, 2.05) is 12.1 Å². The first-order valence-electron chi connectivity index (χ1n) is 5.90. The molecule has 3 heteroatoms. The predicted molar refractivity (Wildman–Crippen MR) is 67.3 cm³/mol. The zero-order valence-electron chi connectivity index (χ0n) is 10.5. The Morgan fingerprint density at radius 1 is 1.12 bits per heavy atom. The fourth-order valence-electron chi connectivity index (χ4n) is 1.85. The van der Waals surface area contributed by atoms with E-state index in [0.29, 0.717) is 6.42 Å². The minimum Gasteiger partial charge on any atom is -0.493 e. The summed E-state index contributed by atoms with van der Waals surface area (Å²) in [6, 6.07) is 8.10. The molecule has 0 fully saturated rings.